The highest BCUT2D eigenvalue weighted by Gasteiger charge is 2.28. The summed E-state index contributed by atoms with van der Waals surface area (Å²) in [6, 6.07) is 6.56. The zero-order chi connectivity index (χ0) is 20.5. The Morgan fingerprint density at radius 3 is 2.80 bits per heavy atom. The van der Waals surface area contributed by atoms with Crippen LogP contribution >= 0.6 is 0 Å². The summed E-state index contributed by atoms with van der Waals surface area (Å²) in [5.41, 5.74) is 4.20. The molecule has 1 aliphatic carbocycles. The molecule has 3 heterocycles. The van der Waals surface area contributed by atoms with Crippen molar-refractivity contribution in [3.63, 3.8) is 0 Å². The van der Waals surface area contributed by atoms with Gasteiger partial charge in [0.05, 0.1) is 5.69 Å². The van der Waals surface area contributed by atoms with E-state index >= 15 is 0 Å². The Morgan fingerprint density at radius 2 is 1.97 bits per heavy atom. The largest absolute Gasteiger partial charge is 0.355 e. The molecule has 0 radical (unpaired) electrons. The van der Waals surface area contributed by atoms with Crippen LogP contribution in [0.2, 0.25) is 0 Å². The first-order chi connectivity index (χ1) is 14.7. The van der Waals surface area contributed by atoms with Crippen LogP contribution in [-0.2, 0) is 24.2 Å². The summed E-state index contributed by atoms with van der Waals surface area (Å²) in [5.74, 6) is 0.659. The number of aromatic nitrogens is 3. The molecule has 0 saturated carbocycles. The molecule has 6 nitrogen and oxygen atoms in total. The summed E-state index contributed by atoms with van der Waals surface area (Å²) in [7, 11) is 0. The molecule has 7 heteroatoms. The molecule has 1 saturated heterocycles. The summed E-state index contributed by atoms with van der Waals surface area (Å²) in [6.07, 6.45) is 9.78. The maximum atomic E-state index is 13.8. The number of benzene rings is 1. The predicted molar refractivity (Wildman–Crippen MR) is 113 cm³/mol. The van der Waals surface area contributed by atoms with E-state index in [2.05, 4.69) is 15.2 Å². The van der Waals surface area contributed by atoms with Crippen molar-refractivity contribution in [3.8, 4) is 0 Å². The molecule has 1 N–H and O–H groups in total. The Bertz CT molecular complexity index is 1070. The quantitative estimate of drug-likeness (QED) is 0.721. The number of anilines is 1. The van der Waals surface area contributed by atoms with Crippen molar-refractivity contribution in [2.45, 2.75) is 45.1 Å². The van der Waals surface area contributed by atoms with E-state index in [1.54, 1.807) is 18.2 Å². The van der Waals surface area contributed by atoms with E-state index in [0.717, 1.165) is 50.1 Å². The van der Waals surface area contributed by atoms with Crippen LogP contribution in [0.4, 0.5) is 10.2 Å². The van der Waals surface area contributed by atoms with Crippen LogP contribution in [0.15, 0.2) is 36.7 Å². The lowest BCUT2D eigenvalue weighted by Crippen LogP contribution is -2.41. The highest BCUT2D eigenvalue weighted by atomic mass is 19.1. The van der Waals surface area contributed by atoms with Crippen LogP contribution in [0.5, 0.6) is 0 Å². The Hall–Kier alpha value is -2.96. The van der Waals surface area contributed by atoms with Gasteiger partial charge in [-0.25, -0.2) is 13.9 Å². The topological polar surface area (TPSA) is 62.5 Å². The van der Waals surface area contributed by atoms with Gasteiger partial charge in [0.25, 0.3) is 0 Å². The van der Waals surface area contributed by atoms with Gasteiger partial charge in [0.2, 0.25) is 5.91 Å². The van der Waals surface area contributed by atoms with Crippen LogP contribution in [0.1, 0.15) is 42.5 Å². The number of nitrogens with zero attached hydrogens (tertiary/aromatic N) is 4. The first kappa shape index (κ1) is 19.0. The second-order valence-corrected chi connectivity index (χ2v) is 8.25. The van der Waals surface area contributed by atoms with E-state index in [9.17, 15) is 9.18 Å². The fourth-order valence-electron chi connectivity index (χ4n) is 4.70. The van der Waals surface area contributed by atoms with Gasteiger partial charge in [0.15, 0.2) is 5.82 Å². The van der Waals surface area contributed by atoms with Gasteiger partial charge in [-0.15, -0.1) is 0 Å². The number of carbonyl (C=O) groups is 1. The summed E-state index contributed by atoms with van der Waals surface area (Å²) in [5, 5.41) is 7.67. The second-order valence-electron chi connectivity index (χ2n) is 8.25. The number of nitrogens with one attached hydrogen (secondary N) is 1. The summed E-state index contributed by atoms with van der Waals surface area (Å²) < 4.78 is 15.7. The normalized spacial score (nSPS) is 17.2. The van der Waals surface area contributed by atoms with Gasteiger partial charge in [-0.1, -0.05) is 18.2 Å². The minimum Gasteiger partial charge on any atom is -0.355 e. The molecule has 1 fully saturated rings. The van der Waals surface area contributed by atoms with E-state index in [4.69, 9.17) is 5.10 Å². The highest BCUT2D eigenvalue weighted by Crippen LogP contribution is 2.32. The fourth-order valence-corrected chi connectivity index (χ4v) is 4.70. The van der Waals surface area contributed by atoms with E-state index in [-0.39, 0.29) is 24.2 Å². The zero-order valence-corrected chi connectivity index (χ0v) is 17.0. The summed E-state index contributed by atoms with van der Waals surface area (Å²) in [4.78, 5) is 19.6. The number of rotatable bonds is 4. The lowest BCUT2D eigenvalue weighted by molar-refractivity contribution is -0.125. The van der Waals surface area contributed by atoms with Crippen LogP contribution in [0.3, 0.4) is 0 Å². The fraction of sp³-hybridized carbons (Fsp3) is 0.435. The van der Waals surface area contributed by atoms with Crippen LogP contribution in [0, 0.1) is 11.7 Å². The second kappa shape index (κ2) is 8.05. The highest BCUT2D eigenvalue weighted by molar-refractivity contribution is 5.79. The molecule has 1 aliphatic heterocycles. The van der Waals surface area contributed by atoms with Gasteiger partial charge in [-0.3, -0.25) is 4.79 Å². The average Bonchev–Trinajstić information content (AvgIpc) is 3.17. The van der Waals surface area contributed by atoms with Crippen molar-refractivity contribution >= 4 is 17.2 Å². The van der Waals surface area contributed by atoms with Gasteiger partial charge in [0, 0.05) is 49.1 Å². The Kier molecular flexibility index (Phi) is 5.11. The van der Waals surface area contributed by atoms with E-state index in [1.807, 2.05) is 16.9 Å². The molecule has 1 amide bonds. The number of amides is 1. The molecule has 30 heavy (non-hydrogen) atoms. The number of hydrogen-bond donors (Lipinski definition) is 1. The minimum atomic E-state index is -0.282. The maximum Gasteiger partial charge on any atom is 0.223 e. The van der Waals surface area contributed by atoms with Gasteiger partial charge in [-0.2, -0.15) is 5.10 Å². The van der Waals surface area contributed by atoms with Crippen molar-refractivity contribution in [2.75, 3.05) is 18.0 Å². The maximum absolute atomic E-state index is 13.8. The van der Waals surface area contributed by atoms with E-state index in [0.29, 0.717) is 5.56 Å². The summed E-state index contributed by atoms with van der Waals surface area (Å²) >= 11 is 0. The monoisotopic (exact) mass is 407 g/mol. The molecule has 0 unspecified atom stereocenters. The first-order valence-electron chi connectivity index (χ1n) is 10.8. The third kappa shape index (κ3) is 3.53. The average molecular weight is 407 g/mol. The minimum absolute atomic E-state index is 0.00537. The Morgan fingerprint density at radius 1 is 1.17 bits per heavy atom. The SMILES string of the molecule is O=C(NCc1ccccc1F)C1CCN(c2nccn3nc4c(c23)CCCC4)CC1. The molecule has 1 aromatic carbocycles. The number of fused-ring (bicyclic) bond motifs is 3. The number of hydrogen-bond acceptors (Lipinski definition) is 4. The first-order valence-corrected chi connectivity index (χ1v) is 10.8. The zero-order valence-electron chi connectivity index (χ0n) is 17.0. The number of carbonyl (C=O) groups excluding carboxylic acids is 1. The van der Waals surface area contributed by atoms with Gasteiger partial charge >= 0.3 is 0 Å². The van der Waals surface area contributed by atoms with Gasteiger partial charge in [-0.05, 0) is 44.6 Å². The van der Waals surface area contributed by atoms with Crippen molar-refractivity contribution in [1.29, 1.82) is 0 Å². The number of halogens is 1. The van der Waals surface area contributed by atoms with Gasteiger partial charge in [0.1, 0.15) is 11.3 Å². The smallest absolute Gasteiger partial charge is 0.223 e. The molecule has 156 valence electrons. The van der Waals surface area contributed by atoms with Crippen molar-refractivity contribution < 1.29 is 9.18 Å². The van der Waals surface area contributed by atoms with Crippen molar-refractivity contribution in [3.05, 3.63) is 59.3 Å². The van der Waals surface area contributed by atoms with Crippen molar-refractivity contribution in [1.82, 2.24) is 19.9 Å². The molecular weight excluding hydrogens is 381 g/mol. The lowest BCUT2D eigenvalue weighted by atomic mass is 9.94. The van der Waals surface area contributed by atoms with Crippen molar-refractivity contribution in [2.24, 2.45) is 5.92 Å². The van der Waals surface area contributed by atoms with Gasteiger partial charge < -0.3 is 10.2 Å². The molecule has 3 aromatic rings. The number of aryl methyl sites for hydroxylation is 2. The summed E-state index contributed by atoms with van der Waals surface area (Å²) in [6.45, 7) is 1.80. The molecule has 0 spiro atoms. The standard InChI is InChI=1S/C23H26FN5O/c24-19-7-3-1-5-17(19)15-26-23(30)16-9-12-28(13-10-16)22-21-18-6-2-4-8-20(18)27-29(21)14-11-25-22/h1,3,5,7,11,14,16H,2,4,6,8-10,12-13,15H2,(H,26,30). The molecule has 0 bridgehead atoms. The molecule has 5 rings (SSSR count). The predicted octanol–water partition coefficient (Wildman–Crippen LogP) is 3.28. The van der Waals surface area contributed by atoms with E-state index in [1.165, 1.54) is 30.2 Å². The Balaban J connectivity index is 1.26. The Labute approximate surface area is 175 Å². The van der Waals surface area contributed by atoms with Crippen LogP contribution in [0.25, 0.3) is 5.52 Å². The van der Waals surface area contributed by atoms with E-state index < -0.39 is 0 Å². The number of piperidine rings is 1. The third-order valence-electron chi connectivity index (χ3n) is 6.37. The van der Waals surface area contributed by atoms with Crippen LogP contribution < -0.4 is 10.2 Å². The molecule has 2 aromatic heterocycles. The van der Waals surface area contributed by atoms with Crippen LogP contribution in [-0.4, -0.2) is 33.6 Å². The molecular formula is C23H26FN5O. The molecule has 2 aliphatic rings. The third-order valence-corrected chi connectivity index (χ3v) is 6.37. The molecule has 0 atom stereocenters. The lowest BCUT2D eigenvalue weighted by Gasteiger charge is -2.32.